The van der Waals surface area contributed by atoms with Crippen molar-refractivity contribution >= 4 is 11.3 Å². The summed E-state index contributed by atoms with van der Waals surface area (Å²) < 4.78 is 19.0. The molecule has 0 fully saturated rings. The molecular weight excluding hydrogens is 249 g/mol. The molecule has 1 unspecified atom stereocenters. The number of benzene rings is 1. The second-order valence-electron chi connectivity index (χ2n) is 4.06. The molecule has 1 N–H and O–H groups in total. The van der Waals surface area contributed by atoms with Gasteiger partial charge in [0.25, 0.3) is 0 Å². The number of nitrogens with one attached hydrogen (secondary N) is 1. The van der Waals surface area contributed by atoms with Crippen LogP contribution in [0, 0.1) is 5.82 Å². The summed E-state index contributed by atoms with van der Waals surface area (Å²) >= 11 is 1.65. The Morgan fingerprint density at radius 2 is 2.22 bits per heavy atom. The van der Waals surface area contributed by atoms with Crippen LogP contribution < -0.4 is 10.1 Å². The standard InChI is InChI=1S/C14H16FNOS/c1-10(16-2)13-8-11(15)5-6-14(13)17-9-12-4-3-7-18-12/h3-8,10,16H,9H2,1-2H3. The normalized spacial score (nSPS) is 12.4. The number of hydrogen-bond donors (Lipinski definition) is 1. The van der Waals surface area contributed by atoms with Crippen LogP contribution in [0.2, 0.25) is 0 Å². The second-order valence-corrected chi connectivity index (χ2v) is 5.09. The van der Waals surface area contributed by atoms with Gasteiger partial charge in [-0.3, -0.25) is 0 Å². The summed E-state index contributed by atoms with van der Waals surface area (Å²) in [6, 6.07) is 8.70. The monoisotopic (exact) mass is 265 g/mol. The van der Waals surface area contributed by atoms with E-state index >= 15 is 0 Å². The molecule has 0 aliphatic rings. The molecule has 2 rings (SSSR count). The molecule has 18 heavy (non-hydrogen) atoms. The minimum Gasteiger partial charge on any atom is -0.488 e. The van der Waals surface area contributed by atoms with Crippen molar-refractivity contribution in [1.82, 2.24) is 5.32 Å². The van der Waals surface area contributed by atoms with Crippen molar-refractivity contribution in [2.75, 3.05) is 7.05 Å². The topological polar surface area (TPSA) is 21.3 Å². The van der Waals surface area contributed by atoms with Crippen LogP contribution in [0.5, 0.6) is 5.75 Å². The van der Waals surface area contributed by atoms with Crippen LogP contribution in [-0.4, -0.2) is 7.05 Å². The van der Waals surface area contributed by atoms with Gasteiger partial charge in [-0.25, -0.2) is 4.39 Å². The highest BCUT2D eigenvalue weighted by Gasteiger charge is 2.11. The first-order valence-corrected chi connectivity index (χ1v) is 6.70. The fourth-order valence-electron chi connectivity index (χ4n) is 1.69. The highest BCUT2D eigenvalue weighted by atomic mass is 32.1. The fourth-order valence-corrected chi connectivity index (χ4v) is 2.30. The molecule has 0 aliphatic carbocycles. The maximum Gasteiger partial charge on any atom is 0.124 e. The minimum absolute atomic E-state index is 0.0547. The summed E-state index contributed by atoms with van der Waals surface area (Å²) in [5, 5.41) is 5.11. The maximum atomic E-state index is 13.3. The van der Waals surface area contributed by atoms with Gasteiger partial charge in [0.1, 0.15) is 18.2 Å². The Balaban J connectivity index is 2.16. The number of rotatable bonds is 5. The Morgan fingerprint density at radius 1 is 1.39 bits per heavy atom. The van der Waals surface area contributed by atoms with E-state index in [1.54, 1.807) is 17.4 Å². The van der Waals surface area contributed by atoms with Crippen LogP contribution >= 0.6 is 11.3 Å². The third-order valence-corrected chi connectivity index (χ3v) is 3.67. The molecule has 4 heteroatoms. The molecule has 0 bridgehead atoms. The van der Waals surface area contributed by atoms with E-state index in [9.17, 15) is 4.39 Å². The number of hydrogen-bond acceptors (Lipinski definition) is 3. The van der Waals surface area contributed by atoms with Crippen LogP contribution in [0.15, 0.2) is 35.7 Å². The molecule has 1 heterocycles. The van der Waals surface area contributed by atoms with Gasteiger partial charge in [0, 0.05) is 16.5 Å². The van der Waals surface area contributed by atoms with Crippen molar-refractivity contribution in [1.29, 1.82) is 0 Å². The van der Waals surface area contributed by atoms with Crippen molar-refractivity contribution in [3.63, 3.8) is 0 Å². The van der Waals surface area contributed by atoms with E-state index in [4.69, 9.17) is 4.74 Å². The average Bonchev–Trinajstić information content (AvgIpc) is 2.89. The lowest BCUT2D eigenvalue weighted by molar-refractivity contribution is 0.303. The smallest absolute Gasteiger partial charge is 0.124 e. The summed E-state index contributed by atoms with van der Waals surface area (Å²) in [6.45, 7) is 2.50. The van der Waals surface area contributed by atoms with Crippen LogP contribution in [0.3, 0.4) is 0 Å². The molecule has 2 aromatic rings. The second kappa shape index (κ2) is 5.98. The molecule has 0 aliphatic heterocycles. The third kappa shape index (κ3) is 3.09. The van der Waals surface area contributed by atoms with Crippen molar-refractivity contribution < 1.29 is 9.13 Å². The Hall–Kier alpha value is -1.39. The van der Waals surface area contributed by atoms with E-state index in [1.807, 2.05) is 31.5 Å². The summed E-state index contributed by atoms with van der Waals surface area (Å²) in [4.78, 5) is 1.15. The highest BCUT2D eigenvalue weighted by Crippen LogP contribution is 2.27. The summed E-state index contributed by atoms with van der Waals surface area (Å²) in [7, 11) is 1.85. The molecule has 0 saturated heterocycles. The van der Waals surface area contributed by atoms with E-state index in [-0.39, 0.29) is 11.9 Å². The zero-order valence-electron chi connectivity index (χ0n) is 10.4. The Morgan fingerprint density at radius 3 is 2.89 bits per heavy atom. The van der Waals surface area contributed by atoms with Gasteiger partial charge in [0.05, 0.1) is 0 Å². The van der Waals surface area contributed by atoms with Gasteiger partial charge in [0.15, 0.2) is 0 Å². The maximum absolute atomic E-state index is 13.3. The van der Waals surface area contributed by atoms with E-state index in [0.29, 0.717) is 6.61 Å². The highest BCUT2D eigenvalue weighted by molar-refractivity contribution is 7.09. The van der Waals surface area contributed by atoms with Crippen LogP contribution in [-0.2, 0) is 6.61 Å². The lowest BCUT2D eigenvalue weighted by atomic mass is 10.1. The molecule has 0 amide bonds. The molecule has 1 atom stereocenters. The SMILES string of the molecule is CNC(C)c1cc(F)ccc1OCc1cccs1. The summed E-state index contributed by atoms with van der Waals surface area (Å²) in [5.41, 5.74) is 0.842. The Labute approximate surface area is 110 Å². The zero-order valence-corrected chi connectivity index (χ0v) is 11.3. The van der Waals surface area contributed by atoms with Crippen molar-refractivity contribution in [3.05, 3.63) is 52.0 Å². The average molecular weight is 265 g/mol. The number of thiophene rings is 1. The van der Waals surface area contributed by atoms with Crippen molar-refractivity contribution in [2.45, 2.75) is 19.6 Å². The van der Waals surface area contributed by atoms with Gasteiger partial charge < -0.3 is 10.1 Å². The predicted molar refractivity (Wildman–Crippen MR) is 72.5 cm³/mol. The van der Waals surface area contributed by atoms with Gasteiger partial charge in [-0.1, -0.05) is 6.07 Å². The fraction of sp³-hybridized carbons (Fsp3) is 0.286. The summed E-state index contributed by atoms with van der Waals surface area (Å²) in [5.74, 6) is 0.488. The van der Waals surface area contributed by atoms with Gasteiger partial charge in [-0.05, 0) is 43.6 Å². The van der Waals surface area contributed by atoms with Crippen LogP contribution in [0.25, 0.3) is 0 Å². The lowest BCUT2D eigenvalue weighted by Gasteiger charge is -2.16. The van der Waals surface area contributed by atoms with Gasteiger partial charge >= 0.3 is 0 Å². The first-order chi connectivity index (χ1) is 8.70. The van der Waals surface area contributed by atoms with Gasteiger partial charge in [-0.2, -0.15) is 0 Å². The molecule has 0 radical (unpaired) electrons. The lowest BCUT2D eigenvalue weighted by Crippen LogP contribution is -2.14. The number of halogens is 1. The van der Waals surface area contributed by atoms with Crippen molar-refractivity contribution in [3.8, 4) is 5.75 Å². The quantitative estimate of drug-likeness (QED) is 0.889. The molecule has 0 saturated carbocycles. The largest absolute Gasteiger partial charge is 0.488 e. The number of ether oxygens (including phenoxy) is 1. The van der Waals surface area contributed by atoms with E-state index in [1.165, 1.54) is 12.1 Å². The van der Waals surface area contributed by atoms with E-state index in [0.717, 1.165) is 16.2 Å². The van der Waals surface area contributed by atoms with E-state index < -0.39 is 0 Å². The molecule has 1 aromatic heterocycles. The predicted octanol–water partition coefficient (Wildman–Crippen LogP) is 3.75. The van der Waals surface area contributed by atoms with Crippen molar-refractivity contribution in [2.24, 2.45) is 0 Å². The molecule has 2 nitrogen and oxygen atoms in total. The third-order valence-electron chi connectivity index (χ3n) is 2.82. The first kappa shape index (κ1) is 13.1. The summed E-state index contributed by atoms with van der Waals surface area (Å²) in [6.07, 6.45) is 0. The first-order valence-electron chi connectivity index (χ1n) is 5.82. The van der Waals surface area contributed by atoms with E-state index in [2.05, 4.69) is 5.32 Å². The molecular formula is C14H16FNOS. The van der Waals surface area contributed by atoms with Crippen LogP contribution in [0.1, 0.15) is 23.4 Å². The Bertz CT molecular complexity index is 499. The zero-order chi connectivity index (χ0) is 13.0. The van der Waals surface area contributed by atoms with Gasteiger partial charge in [-0.15, -0.1) is 11.3 Å². The van der Waals surface area contributed by atoms with Crippen LogP contribution in [0.4, 0.5) is 4.39 Å². The minimum atomic E-state index is -0.240. The molecule has 96 valence electrons. The van der Waals surface area contributed by atoms with Gasteiger partial charge in [0.2, 0.25) is 0 Å². The molecule has 1 aromatic carbocycles. The Kier molecular flexibility index (Phi) is 4.33. The molecule has 0 spiro atoms.